The van der Waals surface area contributed by atoms with Gasteiger partial charge in [-0.25, -0.2) is 13.8 Å². The van der Waals surface area contributed by atoms with E-state index in [-0.39, 0.29) is 15.7 Å². The van der Waals surface area contributed by atoms with Crippen molar-refractivity contribution in [1.29, 1.82) is 0 Å². The van der Waals surface area contributed by atoms with Crippen LogP contribution in [0.2, 0.25) is 10.2 Å². The van der Waals surface area contributed by atoms with E-state index in [1.807, 2.05) is 0 Å². The Morgan fingerprint density at radius 1 is 1.46 bits per heavy atom. The minimum Gasteiger partial charge on any atom is -0.392 e. The van der Waals surface area contributed by atoms with Crippen LogP contribution in [0, 0.1) is 0 Å². The number of nitrogens with zero attached hydrogens (tertiary/aromatic N) is 1. The van der Waals surface area contributed by atoms with Crippen LogP contribution in [0.15, 0.2) is 6.07 Å². The highest BCUT2D eigenvalue weighted by molar-refractivity contribution is 6.33. The van der Waals surface area contributed by atoms with Gasteiger partial charge in [0.05, 0.1) is 11.6 Å². The van der Waals surface area contributed by atoms with Gasteiger partial charge in [-0.15, -0.1) is 0 Å². The SMILES string of the molecule is OCc1cc(Cl)nc(C(F)F)c1Cl. The van der Waals surface area contributed by atoms with Crippen molar-refractivity contribution in [2.24, 2.45) is 0 Å². The lowest BCUT2D eigenvalue weighted by Crippen LogP contribution is -1.97. The molecule has 1 heterocycles. The molecule has 1 rings (SSSR count). The molecular weight excluding hydrogens is 223 g/mol. The first kappa shape index (κ1) is 10.6. The number of hydrogen-bond donors (Lipinski definition) is 1. The van der Waals surface area contributed by atoms with Gasteiger partial charge in [0.1, 0.15) is 10.8 Å². The van der Waals surface area contributed by atoms with Crippen LogP contribution in [0.4, 0.5) is 8.78 Å². The Kier molecular flexibility index (Phi) is 3.41. The number of halogens is 4. The van der Waals surface area contributed by atoms with Gasteiger partial charge in [0, 0.05) is 5.56 Å². The molecule has 0 saturated carbocycles. The molecule has 0 aliphatic heterocycles. The third-order valence-electron chi connectivity index (χ3n) is 1.40. The molecule has 1 N–H and O–H groups in total. The lowest BCUT2D eigenvalue weighted by Gasteiger charge is -2.06. The molecule has 2 nitrogen and oxygen atoms in total. The van der Waals surface area contributed by atoms with Crippen molar-refractivity contribution in [3.05, 3.63) is 27.5 Å². The smallest absolute Gasteiger partial charge is 0.281 e. The lowest BCUT2D eigenvalue weighted by molar-refractivity contribution is 0.146. The average Bonchev–Trinajstić information content (AvgIpc) is 2.08. The second-order valence-electron chi connectivity index (χ2n) is 2.26. The number of hydrogen-bond acceptors (Lipinski definition) is 2. The van der Waals surface area contributed by atoms with E-state index >= 15 is 0 Å². The van der Waals surface area contributed by atoms with E-state index < -0.39 is 18.7 Å². The van der Waals surface area contributed by atoms with E-state index in [0.717, 1.165) is 0 Å². The topological polar surface area (TPSA) is 33.1 Å². The van der Waals surface area contributed by atoms with Gasteiger partial charge in [-0.1, -0.05) is 23.2 Å². The van der Waals surface area contributed by atoms with Crippen molar-refractivity contribution in [2.75, 3.05) is 0 Å². The van der Waals surface area contributed by atoms with Gasteiger partial charge in [-0.05, 0) is 6.07 Å². The molecule has 0 unspecified atom stereocenters. The molecule has 0 aliphatic carbocycles. The van der Waals surface area contributed by atoms with Crippen LogP contribution in [0.3, 0.4) is 0 Å². The van der Waals surface area contributed by atoms with Crippen molar-refractivity contribution in [3.8, 4) is 0 Å². The Morgan fingerprint density at radius 3 is 2.54 bits per heavy atom. The maximum atomic E-state index is 12.2. The van der Waals surface area contributed by atoms with Gasteiger partial charge in [0.25, 0.3) is 6.43 Å². The van der Waals surface area contributed by atoms with Crippen molar-refractivity contribution in [2.45, 2.75) is 13.0 Å². The summed E-state index contributed by atoms with van der Waals surface area (Å²) in [6.45, 7) is -0.444. The first-order valence-electron chi connectivity index (χ1n) is 3.30. The second-order valence-corrected chi connectivity index (χ2v) is 3.03. The first-order valence-corrected chi connectivity index (χ1v) is 4.05. The molecule has 1 aromatic rings. The van der Waals surface area contributed by atoms with Gasteiger partial charge in [0.15, 0.2) is 0 Å². The summed E-state index contributed by atoms with van der Waals surface area (Å²) in [5.74, 6) is 0. The number of aliphatic hydroxyl groups excluding tert-OH is 1. The summed E-state index contributed by atoms with van der Waals surface area (Å²) in [7, 11) is 0. The molecule has 1 aromatic heterocycles. The molecule has 0 spiro atoms. The van der Waals surface area contributed by atoms with Crippen LogP contribution < -0.4 is 0 Å². The minimum absolute atomic E-state index is 0.108. The zero-order valence-electron chi connectivity index (χ0n) is 6.27. The molecule has 0 amide bonds. The van der Waals surface area contributed by atoms with Crippen LogP contribution in [0.1, 0.15) is 17.7 Å². The fourth-order valence-electron chi connectivity index (χ4n) is 0.828. The van der Waals surface area contributed by atoms with Crippen LogP contribution in [0.5, 0.6) is 0 Å². The highest BCUT2D eigenvalue weighted by atomic mass is 35.5. The number of rotatable bonds is 2. The maximum Gasteiger partial charge on any atom is 0.281 e. The monoisotopic (exact) mass is 227 g/mol. The lowest BCUT2D eigenvalue weighted by atomic mass is 10.2. The van der Waals surface area contributed by atoms with Gasteiger partial charge in [-0.3, -0.25) is 0 Å². The summed E-state index contributed by atoms with van der Waals surface area (Å²) >= 11 is 10.9. The van der Waals surface area contributed by atoms with E-state index in [2.05, 4.69) is 4.98 Å². The maximum absolute atomic E-state index is 12.2. The van der Waals surface area contributed by atoms with E-state index in [1.165, 1.54) is 6.07 Å². The molecule has 0 aliphatic rings. The average molecular weight is 228 g/mol. The molecule has 72 valence electrons. The normalized spacial score (nSPS) is 10.9. The van der Waals surface area contributed by atoms with Gasteiger partial charge >= 0.3 is 0 Å². The highest BCUT2D eigenvalue weighted by Crippen LogP contribution is 2.29. The summed E-state index contributed by atoms with van der Waals surface area (Å²) in [6.07, 6.45) is -2.79. The standard InChI is InChI=1S/C7H5Cl2F2NO/c8-4-1-3(2-13)5(9)6(12-4)7(10)11/h1,7,13H,2H2. The van der Waals surface area contributed by atoms with E-state index in [4.69, 9.17) is 28.3 Å². The molecule has 0 atom stereocenters. The summed E-state index contributed by atoms with van der Waals surface area (Å²) in [5.41, 5.74) is -0.449. The first-order chi connectivity index (χ1) is 6.06. The van der Waals surface area contributed by atoms with Crippen LogP contribution in [-0.4, -0.2) is 10.1 Å². The summed E-state index contributed by atoms with van der Waals surface area (Å²) in [6, 6.07) is 1.25. The van der Waals surface area contributed by atoms with Crippen molar-refractivity contribution >= 4 is 23.2 Å². The van der Waals surface area contributed by atoms with Crippen molar-refractivity contribution < 1.29 is 13.9 Å². The Balaban J connectivity index is 3.27. The number of aliphatic hydroxyl groups is 1. The van der Waals surface area contributed by atoms with Crippen LogP contribution in [0.25, 0.3) is 0 Å². The summed E-state index contributed by atoms with van der Waals surface area (Å²) in [5, 5.41) is 8.39. The predicted octanol–water partition coefficient (Wildman–Crippen LogP) is 2.82. The molecule has 0 bridgehead atoms. The zero-order valence-corrected chi connectivity index (χ0v) is 7.78. The minimum atomic E-state index is -2.79. The molecule has 0 radical (unpaired) electrons. The van der Waals surface area contributed by atoms with Crippen LogP contribution >= 0.6 is 23.2 Å². The molecule has 13 heavy (non-hydrogen) atoms. The third kappa shape index (κ3) is 2.27. The third-order valence-corrected chi connectivity index (χ3v) is 2.03. The predicted molar refractivity (Wildman–Crippen MR) is 45.1 cm³/mol. The van der Waals surface area contributed by atoms with Crippen molar-refractivity contribution in [3.63, 3.8) is 0 Å². The summed E-state index contributed by atoms with van der Waals surface area (Å²) in [4.78, 5) is 3.35. The van der Waals surface area contributed by atoms with E-state index in [0.29, 0.717) is 0 Å². The zero-order chi connectivity index (χ0) is 10.0. The second kappa shape index (κ2) is 4.17. The Labute approximate surface area is 83.1 Å². The largest absolute Gasteiger partial charge is 0.392 e. The van der Waals surface area contributed by atoms with Gasteiger partial charge in [-0.2, -0.15) is 0 Å². The molecular formula is C7H5Cl2F2NO. The fraction of sp³-hybridized carbons (Fsp3) is 0.286. The van der Waals surface area contributed by atoms with Crippen LogP contribution in [-0.2, 0) is 6.61 Å². The molecule has 0 saturated heterocycles. The summed E-state index contributed by atoms with van der Waals surface area (Å²) < 4.78 is 24.5. The number of aromatic nitrogens is 1. The van der Waals surface area contributed by atoms with Gasteiger partial charge in [0.2, 0.25) is 0 Å². The van der Waals surface area contributed by atoms with E-state index in [9.17, 15) is 8.78 Å². The molecule has 0 fully saturated rings. The van der Waals surface area contributed by atoms with Crippen molar-refractivity contribution in [1.82, 2.24) is 4.98 Å². The number of pyridine rings is 1. The Hall–Kier alpha value is -0.450. The molecule has 0 aromatic carbocycles. The van der Waals surface area contributed by atoms with Gasteiger partial charge < -0.3 is 5.11 Å². The highest BCUT2D eigenvalue weighted by Gasteiger charge is 2.17. The number of alkyl halides is 2. The molecule has 6 heteroatoms. The fourth-order valence-corrected chi connectivity index (χ4v) is 1.29. The Bertz CT molecular complexity index is 320. The van der Waals surface area contributed by atoms with E-state index in [1.54, 1.807) is 0 Å². The Morgan fingerprint density at radius 2 is 2.08 bits per heavy atom. The quantitative estimate of drug-likeness (QED) is 0.789.